The van der Waals surface area contributed by atoms with E-state index < -0.39 is 29.5 Å². The van der Waals surface area contributed by atoms with Crippen LogP contribution >= 0.6 is 0 Å². The summed E-state index contributed by atoms with van der Waals surface area (Å²) in [6.07, 6.45) is -0.471. The molecule has 0 saturated heterocycles. The molecule has 10 nitrogen and oxygen atoms in total. The summed E-state index contributed by atoms with van der Waals surface area (Å²) in [7, 11) is 1.30. The minimum Gasteiger partial charge on any atom is -0.494 e. The largest absolute Gasteiger partial charge is 0.494 e. The van der Waals surface area contributed by atoms with Gasteiger partial charge in [0.1, 0.15) is 17.8 Å². The molecule has 0 aromatic heterocycles. The van der Waals surface area contributed by atoms with E-state index in [2.05, 4.69) is 5.32 Å². The Hall–Kier alpha value is -3.95. The summed E-state index contributed by atoms with van der Waals surface area (Å²) in [6, 6.07) is 9.79. The Morgan fingerprint density at radius 2 is 1.90 bits per heavy atom. The Kier molecular flexibility index (Phi) is 7.24. The van der Waals surface area contributed by atoms with E-state index in [-0.39, 0.29) is 17.1 Å². The minimum absolute atomic E-state index is 0.0909. The summed E-state index contributed by atoms with van der Waals surface area (Å²) in [5.74, 6) is -0.975. The van der Waals surface area contributed by atoms with Gasteiger partial charge in [0.2, 0.25) is 0 Å². The van der Waals surface area contributed by atoms with Crippen molar-refractivity contribution >= 4 is 29.5 Å². The van der Waals surface area contributed by atoms with Crippen molar-refractivity contribution in [3.05, 3.63) is 58.1 Å². The van der Waals surface area contributed by atoms with Gasteiger partial charge in [-0.1, -0.05) is 0 Å². The molecule has 0 bridgehead atoms. The molecule has 1 N–H and O–H groups in total. The van der Waals surface area contributed by atoms with Crippen LogP contribution in [0.3, 0.4) is 0 Å². The third-order valence-corrected chi connectivity index (χ3v) is 3.70. The van der Waals surface area contributed by atoms with Gasteiger partial charge in [-0.15, -0.1) is 0 Å². The third kappa shape index (κ3) is 6.03. The lowest BCUT2D eigenvalue weighted by atomic mass is 10.2. The van der Waals surface area contributed by atoms with Gasteiger partial charge in [0.05, 0.1) is 23.8 Å². The number of non-ortho nitro benzene ring substituents is 1. The Labute approximate surface area is 165 Å². The van der Waals surface area contributed by atoms with Gasteiger partial charge in [-0.3, -0.25) is 19.7 Å². The molecule has 10 heteroatoms. The van der Waals surface area contributed by atoms with Gasteiger partial charge in [-0.05, 0) is 37.3 Å². The highest BCUT2D eigenvalue weighted by Gasteiger charge is 2.20. The number of rotatable bonds is 9. The number of nitro groups is 1. The number of nitro benzene ring substituents is 1. The molecule has 0 fully saturated rings. The number of nitrogens with zero attached hydrogens (tertiary/aromatic N) is 1. The van der Waals surface area contributed by atoms with E-state index in [0.717, 1.165) is 6.07 Å². The van der Waals surface area contributed by atoms with Gasteiger partial charge in [0.25, 0.3) is 11.6 Å². The molecule has 0 saturated carbocycles. The van der Waals surface area contributed by atoms with E-state index >= 15 is 0 Å². The lowest BCUT2D eigenvalue weighted by Gasteiger charge is -2.15. The molecule has 152 valence electrons. The number of hydrogen-bond donors (Lipinski definition) is 1. The first-order valence-corrected chi connectivity index (χ1v) is 8.35. The predicted octanol–water partition coefficient (Wildman–Crippen LogP) is 2.37. The highest BCUT2D eigenvalue weighted by molar-refractivity contribution is 5.96. The molecule has 1 atom stereocenters. The maximum Gasteiger partial charge on any atom is 0.344 e. The highest BCUT2D eigenvalue weighted by Crippen LogP contribution is 2.29. The fraction of sp³-hybridized carbons (Fsp3) is 0.211. The first-order valence-electron chi connectivity index (χ1n) is 8.35. The Bertz CT molecular complexity index is 911. The molecule has 2 aromatic carbocycles. The standard InChI is InChI=1S/C19H18N2O8/c1-12(29-18(23)11-28-15-6-3-13(10-22)4-7-15)19(24)20-16-8-5-14(21(25)26)9-17(16)27-2/h3-10,12H,11H2,1-2H3,(H,20,24)/t12-/m1/s1. The van der Waals surface area contributed by atoms with Gasteiger partial charge >= 0.3 is 5.97 Å². The zero-order valence-electron chi connectivity index (χ0n) is 15.6. The lowest BCUT2D eigenvalue weighted by molar-refractivity contribution is -0.384. The second-order valence-corrected chi connectivity index (χ2v) is 5.74. The first-order chi connectivity index (χ1) is 13.8. The zero-order chi connectivity index (χ0) is 21.4. The number of aldehydes is 1. The van der Waals surface area contributed by atoms with Crippen LogP contribution in [-0.2, 0) is 14.3 Å². The second-order valence-electron chi connectivity index (χ2n) is 5.74. The number of methoxy groups -OCH3 is 1. The molecule has 1 amide bonds. The average molecular weight is 402 g/mol. The second kappa shape index (κ2) is 9.83. The fourth-order valence-electron chi connectivity index (χ4n) is 2.20. The summed E-state index contributed by atoms with van der Waals surface area (Å²) < 4.78 is 15.3. The van der Waals surface area contributed by atoms with Crippen LogP contribution in [-0.4, -0.2) is 42.9 Å². The number of amides is 1. The number of carbonyl (C=O) groups is 3. The van der Waals surface area contributed by atoms with E-state index in [1.54, 1.807) is 0 Å². The Morgan fingerprint density at radius 1 is 1.21 bits per heavy atom. The Balaban J connectivity index is 1.90. The summed E-state index contributed by atoms with van der Waals surface area (Å²) >= 11 is 0. The maximum atomic E-state index is 12.2. The quantitative estimate of drug-likeness (QED) is 0.292. The van der Waals surface area contributed by atoms with Crippen LogP contribution in [0.1, 0.15) is 17.3 Å². The van der Waals surface area contributed by atoms with Crippen molar-refractivity contribution in [2.45, 2.75) is 13.0 Å². The molecule has 2 rings (SSSR count). The fourth-order valence-corrected chi connectivity index (χ4v) is 2.20. The molecule has 0 aliphatic rings. The average Bonchev–Trinajstić information content (AvgIpc) is 2.72. The van der Waals surface area contributed by atoms with Crippen LogP contribution < -0.4 is 14.8 Å². The normalized spacial score (nSPS) is 11.1. The highest BCUT2D eigenvalue weighted by atomic mass is 16.6. The molecule has 0 unspecified atom stereocenters. The summed E-state index contributed by atoms with van der Waals surface area (Å²) in [6.45, 7) is 0.933. The van der Waals surface area contributed by atoms with Crippen molar-refractivity contribution in [2.75, 3.05) is 19.0 Å². The smallest absolute Gasteiger partial charge is 0.344 e. The molecule has 0 heterocycles. The molecule has 0 aliphatic carbocycles. The molecule has 0 spiro atoms. The van der Waals surface area contributed by atoms with Crippen LogP contribution in [0.15, 0.2) is 42.5 Å². The van der Waals surface area contributed by atoms with Crippen LogP contribution in [0.25, 0.3) is 0 Å². The zero-order valence-corrected chi connectivity index (χ0v) is 15.6. The lowest BCUT2D eigenvalue weighted by Crippen LogP contribution is -2.31. The van der Waals surface area contributed by atoms with E-state index in [1.807, 2.05) is 0 Å². The summed E-state index contributed by atoms with van der Waals surface area (Å²) in [5.41, 5.74) is 0.460. The number of benzene rings is 2. The van der Waals surface area contributed by atoms with Crippen LogP contribution in [0.2, 0.25) is 0 Å². The summed E-state index contributed by atoms with van der Waals surface area (Å²) in [4.78, 5) is 44.9. The number of esters is 1. The third-order valence-electron chi connectivity index (χ3n) is 3.70. The molecule has 0 aliphatic heterocycles. The topological polar surface area (TPSA) is 134 Å². The van der Waals surface area contributed by atoms with Gasteiger partial charge in [-0.25, -0.2) is 4.79 Å². The van der Waals surface area contributed by atoms with Crippen molar-refractivity contribution < 1.29 is 33.5 Å². The maximum absolute atomic E-state index is 12.2. The summed E-state index contributed by atoms with van der Waals surface area (Å²) in [5, 5.41) is 13.3. The molecule has 29 heavy (non-hydrogen) atoms. The van der Waals surface area contributed by atoms with E-state index in [1.165, 1.54) is 50.4 Å². The van der Waals surface area contributed by atoms with Crippen molar-refractivity contribution in [1.29, 1.82) is 0 Å². The van der Waals surface area contributed by atoms with Crippen LogP contribution in [0.4, 0.5) is 11.4 Å². The molecule has 0 radical (unpaired) electrons. The van der Waals surface area contributed by atoms with E-state index in [0.29, 0.717) is 17.6 Å². The molecular formula is C19H18N2O8. The molecule has 2 aromatic rings. The number of anilines is 1. The van der Waals surface area contributed by atoms with Crippen molar-refractivity contribution in [3.8, 4) is 11.5 Å². The SMILES string of the molecule is COc1cc([N+](=O)[O-])ccc1NC(=O)[C@@H](C)OC(=O)COc1ccc(C=O)cc1. The monoisotopic (exact) mass is 402 g/mol. The Morgan fingerprint density at radius 3 is 2.48 bits per heavy atom. The minimum atomic E-state index is -1.15. The first kappa shape index (κ1) is 21.4. The van der Waals surface area contributed by atoms with E-state index in [9.17, 15) is 24.5 Å². The van der Waals surface area contributed by atoms with Gasteiger partial charge in [0.15, 0.2) is 12.7 Å². The number of hydrogen-bond acceptors (Lipinski definition) is 8. The van der Waals surface area contributed by atoms with Gasteiger partial charge < -0.3 is 19.5 Å². The van der Waals surface area contributed by atoms with Crippen molar-refractivity contribution in [1.82, 2.24) is 0 Å². The molecular weight excluding hydrogens is 384 g/mol. The van der Waals surface area contributed by atoms with Crippen molar-refractivity contribution in [2.24, 2.45) is 0 Å². The van der Waals surface area contributed by atoms with Gasteiger partial charge in [0, 0.05) is 11.6 Å². The van der Waals surface area contributed by atoms with E-state index in [4.69, 9.17) is 14.2 Å². The number of nitrogens with one attached hydrogen (secondary N) is 1. The van der Waals surface area contributed by atoms with Crippen LogP contribution in [0, 0.1) is 10.1 Å². The number of ether oxygens (including phenoxy) is 3. The van der Waals surface area contributed by atoms with Crippen molar-refractivity contribution in [3.63, 3.8) is 0 Å². The van der Waals surface area contributed by atoms with Crippen LogP contribution in [0.5, 0.6) is 11.5 Å². The number of carbonyl (C=O) groups excluding carboxylic acids is 3. The van der Waals surface area contributed by atoms with Gasteiger partial charge in [-0.2, -0.15) is 0 Å². The predicted molar refractivity (Wildman–Crippen MR) is 101 cm³/mol.